The lowest BCUT2D eigenvalue weighted by Gasteiger charge is -2.30. The molecule has 2 aromatic heterocycles. The fourth-order valence-electron chi connectivity index (χ4n) is 8.90. The molecule has 2 aliphatic heterocycles. The molecule has 3 N–H and O–H groups in total. The van der Waals surface area contributed by atoms with E-state index in [0.717, 1.165) is 123 Å². The topological polar surface area (TPSA) is 138 Å². The first kappa shape index (κ1) is 37.4. The monoisotopic (exact) mass is 766 g/mol. The van der Waals surface area contributed by atoms with Gasteiger partial charge in [-0.2, -0.15) is 0 Å². The molecule has 13 heteroatoms. The van der Waals surface area contributed by atoms with E-state index in [1.54, 1.807) is 6.07 Å². The minimum atomic E-state index is -0.663. The van der Waals surface area contributed by atoms with E-state index < -0.39 is 5.97 Å². The lowest BCUT2D eigenvalue weighted by Crippen LogP contribution is -2.33. The number of amides is 2. The minimum absolute atomic E-state index is 0.189. The second-order valence-electron chi connectivity index (χ2n) is 16.1. The predicted molar refractivity (Wildman–Crippen MR) is 212 cm³/mol. The maximum absolute atomic E-state index is 13.7. The zero-order valence-corrected chi connectivity index (χ0v) is 32.8. The van der Waals surface area contributed by atoms with Crippen LogP contribution in [0.3, 0.4) is 0 Å². The lowest BCUT2D eigenvalue weighted by atomic mass is 9.80. The first-order valence-corrected chi connectivity index (χ1v) is 20.2. The van der Waals surface area contributed by atoms with E-state index in [4.69, 9.17) is 21.6 Å². The summed E-state index contributed by atoms with van der Waals surface area (Å²) in [5.74, 6) is 0.692. The molecule has 4 heterocycles. The number of carbonyl (C=O) groups excluding carboxylic acids is 2. The molecule has 2 fully saturated rings. The number of nitrogens with one attached hydrogen (secondary N) is 2. The number of hydrogen-bond acceptors (Lipinski definition) is 7. The number of carboxylic acid groups (broad SMARTS) is 1. The van der Waals surface area contributed by atoms with Crippen molar-refractivity contribution in [3.63, 3.8) is 0 Å². The Morgan fingerprint density at radius 1 is 0.764 bits per heavy atom. The van der Waals surface area contributed by atoms with E-state index in [2.05, 4.69) is 20.4 Å². The maximum Gasteiger partial charge on any atom is 0.306 e. The highest BCUT2D eigenvalue weighted by Gasteiger charge is 2.31. The van der Waals surface area contributed by atoms with Gasteiger partial charge in [0.2, 0.25) is 0 Å². The summed E-state index contributed by atoms with van der Waals surface area (Å²) in [5.41, 5.74) is 7.70. The highest BCUT2D eigenvalue weighted by Crippen LogP contribution is 2.38. The number of imidazole rings is 2. The number of rotatable bonds is 11. The number of aliphatic carboxylic acids is 1. The third kappa shape index (κ3) is 7.81. The summed E-state index contributed by atoms with van der Waals surface area (Å²) < 4.78 is 3.83. The molecule has 55 heavy (non-hydrogen) atoms. The third-order valence-corrected chi connectivity index (χ3v) is 12.9. The Bertz CT molecular complexity index is 2130. The van der Waals surface area contributed by atoms with Gasteiger partial charge in [0.05, 0.1) is 28.0 Å². The van der Waals surface area contributed by atoms with E-state index in [1.165, 1.54) is 12.8 Å². The quantitative estimate of drug-likeness (QED) is 0.154. The molecule has 2 amide bonds. The van der Waals surface area contributed by atoms with Crippen molar-refractivity contribution in [1.82, 2.24) is 28.9 Å². The third-order valence-electron chi connectivity index (χ3n) is 12.5. The number of aromatic nitrogens is 4. The van der Waals surface area contributed by atoms with E-state index >= 15 is 0 Å². The van der Waals surface area contributed by atoms with Gasteiger partial charge in [-0.25, -0.2) is 9.97 Å². The SMILES string of the molecule is Cc1c(NC(=O)c2nc3c(n2C)CCN(CC2CC2)C3)cccc1-c1cccc(NC(=O)c2nc3c(n2C)CCN(CCC2CCC(C(=O)O)CC2)C3)c1Cl. The molecule has 4 aliphatic rings. The van der Waals surface area contributed by atoms with Crippen molar-refractivity contribution in [2.75, 3.05) is 36.8 Å². The van der Waals surface area contributed by atoms with Gasteiger partial charge in [-0.1, -0.05) is 35.9 Å². The van der Waals surface area contributed by atoms with E-state index in [-0.39, 0.29) is 17.7 Å². The van der Waals surface area contributed by atoms with Gasteiger partial charge in [0.25, 0.3) is 11.8 Å². The summed E-state index contributed by atoms with van der Waals surface area (Å²) in [7, 11) is 3.82. The number of fused-ring (bicyclic) bond motifs is 2. The van der Waals surface area contributed by atoms with Crippen molar-refractivity contribution < 1.29 is 19.5 Å². The van der Waals surface area contributed by atoms with Gasteiger partial charge in [-0.3, -0.25) is 24.2 Å². The zero-order valence-electron chi connectivity index (χ0n) is 32.0. The summed E-state index contributed by atoms with van der Waals surface area (Å²) in [6.07, 6.45) is 8.87. The van der Waals surface area contributed by atoms with Gasteiger partial charge in [0.15, 0.2) is 11.6 Å². The predicted octanol–water partition coefficient (Wildman–Crippen LogP) is 6.69. The van der Waals surface area contributed by atoms with E-state index in [1.807, 2.05) is 60.5 Å². The van der Waals surface area contributed by atoms with Crippen molar-refractivity contribution in [3.8, 4) is 11.1 Å². The van der Waals surface area contributed by atoms with Crippen LogP contribution in [-0.2, 0) is 44.8 Å². The average molecular weight is 767 g/mol. The smallest absolute Gasteiger partial charge is 0.306 e. The summed E-state index contributed by atoms with van der Waals surface area (Å²) >= 11 is 7.03. The summed E-state index contributed by atoms with van der Waals surface area (Å²) in [6.45, 7) is 7.37. The molecule has 290 valence electrons. The normalized spacial score (nSPS) is 20.1. The molecule has 0 unspecified atom stereocenters. The van der Waals surface area contributed by atoms with Crippen LogP contribution in [0.5, 0.6) is 0 Å². The fraction of sp³-hybridized carbons (Fsp3) is 0.500. The highest BCUT2D eigenvalue weighted by atomic mass is 35.5. The van der Waals surface area contributed by atoms with Gasteiger partial charge in [-0.15, -0.1) is 0 Å². The summed E-state index contributed by atoms with van der Waals surface area (Å²) in [6, 6.07) is 11.3. The Kier molecular flexibility index (Phi) is 10.6. The second kappa shape index (κ2) is 15.5. The number of carbonyl (C=O) groups is 3. The standard InChI is InChI=1S/C42H51ClN8O4/c1-25-29(6-4-8-31(25)46-40(52)38-45-34-24-51(22-27-10-11-27)21-18-36(34)49(38)3)30-7-5-9-32(37(30)43)47-41(53)39-44-33-23-50(20-17-35(33)48(39)2)19-16-26-12-14-28(15-13-26)42(54)55/h4-9,26-28H,10-24H2,1-3H3,(H,46,52)(H,47,53)(H,54,55). The number of hydrogen-bond donors (Lipinski definition) is 3. The van der Waals surface area contributed by atoms with E-state index in [9.17, 15) is 19.5 Å². The first-order chi connectivity index (χ1) is 26.5. The van der Waals surface area contributed by atoms with Gasteiger partial charge >= 0.3 is 5.97 Å². The molecule has 8 rings (SSSR count). The first-order valence-electron chi connectivity index (χ1n) is 19.8. The molecule has 2 aromatic carbocycles. The Hall–Kier alpha value is -4.52. The van der Waals surface area contributed by atoms with Crippen molar-refractivity contribution in [2.24, 2.45) is 31.8 Å². The molecule has 4 aromatic rings. The number of benzene rings is 2. The fourth-order valence-corrected chi connectivity index (χ4v) is 9.18. The van der Waals surface area contributed by atoms with Crippen molar-refractivity contribution >= 4 is 40.8 Å². The van der Waals surface area contributed by atoms with Crippen molar-refractivity contribution in [3.05, 3.63) is 81.4 Å². The molecule has 12 nitrogen and oxygen atoms in total. The van der Waals surface area contributed by atoms with Crippen molar-refractivity contribution in [1.29, 1.82) is 0 Å². The number of halogens is 1. The summed E-state index contributed by atoms with van der Waals surface area (Å²) in [4.78, 5) is 53.1. The van der Waals surface area contributed by atoms with Gasteiger partial charge in [-0.05, 0) is 93.5 Å². The Morgan fingerprint density at radius 2 is 1.31 bits per heavy atom. The molecule has 2 aliphatic carbocycles. The van der Waals surface area contributed by atoms with Gasteiger partial charge in [0.1, 0.15) is 0 Å². The van der Waals surface area contributed by atoms with Crippen LogP contribution < -0.4 is 10.6 Å². The molecule has 0 bridgehead atoms. The van der Waals surface area contributed by atoms with Crippen molar-refractivity contribution in [2.45, 2.75) is 77.8 Å². The molecule has 0 atom stereocenters. The van der Waals surface area contributed by atoms with Crippen LogP contribution in [0.2, 0.25) is 5.02 Å². The van der Waals surface area contributed by atoms with Crippen LogP contribution in [0.4, 0.5) is 11.4 Å². The van der Waals surface area contributed by atoms with Gasteiger partial charge < -0.3 is 24.9 Å². The maximum atomic E-state index is 13.7. The molecule has 2 saturated carbocycles. The van der Waals surface area contributed by atoms with Crippen LogP contribution in [0.25, 0.3) is 11.1 Å². The van der Waals surface area contributed by atoms with Gasteiger partial charge in [0, 0.05) is 82.3 Å². The molecule has 0 spiro atoms. The summed E-state index contributed by atoms with van der Waals surface area (Å²) in [5, 5.41) is 15.8. The molecule has 0 saturated heterocycles. The highest BCUT2D eigenvalue weighted by molar-refractivity contribution is 6.36. The van der Waals surface area contributed by atoms with Crippen LogP contribution in [-0.4, -0.2) is 78.0 Å². The molecule has 0 radical (unpaired) electrons. The van der Waals surface area contributed by atoms with E-state index in [0.29, 0.717) is 40.5 Å². The Balaban J connectivity index is 0.923. The Morgan fingerprint density at radius 3 is 1.93 bits per heavy atom. The second-order valence-corrected chi connectivity index (χ2v) is 16.5. The average Bonchev–Trinajstić information content (AvgIpc) is 3.85. The number of nitrogens with zero attached hydrogens (tertiary/aromatic N) is 6. The number of anilines is 2. The van der Waals surface area contributed by atoms with Crippen LogP contribution >= 0.6 is 11.6 Å². The lowest BCUT2D eigenvalue weighted by molar-refractivity contribution is -0.143. The Labute approximate surface area is 327 Å². The van der Waals surface area contributed by atoms with Crippen LogP contribution in [0, 0.1) is 24.7 Å². The number of carboxylic acids is 1. The van der Waals surface area contributed by atoms with Crippen LogP contribution in [0.15, 0.2) is 36.4 Å². The van der Waals surface area contributed by atoms with Crippen LogP contribution in [0.1, 0.15) is 94.5 Å². The molecular formula is C42H51ClN8O4. The molecular weight excluding hydrogens is 716 g/mol. The zero-order chi connectivity index (χ0) is 38.4. The largest absolute Gasteiger partial charge is 0.481 e. The minimum Gasteiger partial charge on any atom is -0.481 e.